The van der Waals surface area contributed by atoms with Gasteiger partial charge in [-0.1, -0.05) is 19.1 Å². The van der Waals surface area contributed by atoms with Gasteiger partial charge in [-0.25, -0.2) is 0 Å². The average Bonchev–Trinajstić information content (AvgIpc) is 2.72. The molecule has 2 nitrogen and oxygen atoms in total. The average molecular weight is 245 g/mol. The van der Waals surface area contributed by atoms with Gasteiger partial charge in [0.2, 0.25) is 0 Å². The van der Waals surface area contributed by atoms with E-state index in [9.17, 15) is 0 Å². The third-order valence-electron chi connectivity index (χ3n) is 3.58. The van der Waals surface area contributed by atoms with Gasteiger partial charge in [-0.05, 0) is 49.8 Å². The summed E-state index contributed by atoms with van der Waals surface area (Å²) in [7, 11) is 0. The molecule has 1 heterocycles. The van der Waals surface area contributed by atoms with Gasteiger partial charge >= 0.3 is 0 Å². The first-order valence-corrected chi connectivity index (χ1v) is 6.87. The number of hydrogen-bond acceptors (Lipinski definition) is 1. The molecule has 2 aromatic rings. The highest BCUT2D eigenvalue weighted by molar-refractivity contribution is 5.89. The molecule has 1 N–H and O–H groups in total. The lowest BCUT2D eigenvalue weighted by Gasteiger charge is -2.07. The largest absolute Gasteiger partial charge is 0.396 e. The molecule has 2 heteroatoms. The summed E-state index contributed by atoms with van der Waals surface area (Å²) in [5.74, 6) is 0. The summed E-state index contributed by atoms with van der Waals surface area (Å²) in [5.41, 5.74) is 5.45. The molecule has 0 saturated heterocycles. The highest BCUT2D eigenvalue weighted by Gasteiger charge is 2.12. The second-order valence-electron chi connectivity index (χ2n) is 5.10. The number of aryl methyl sites for hydroxylation is 4. The SMILES string of the molecule is CCCn1cc(CCCO)c2c(C)ccc(C)c21. The first kappa shape index (κ1) is 13.2. The predicted octanol–water partition coefficient (Wildman–Crippen LogP) is 3.59. The molecule has 0 radical (unpaired) electrons. The summed E-state index contributed by atoms with van der Waals surface area (Å²) in [5, 5.41) is 10.4. The Balaban J connectivity index is 2.60. The molecule has 0 atom stereocenters. The monoisotopic (exact) mass is 245 g/mol. The minimum Gasteiger partial charge on any atom is -0.396 e. The number of aliphatic hydroxyl groups excluding tert-OH is 1. The maximum atomic E-state index is 9.03. The number of rotatable bonds is 5. The Morgan fingerprint density at radius 2 is 1.89 bits per heavy atom. The maximum Gasteiger partial charge on any atom is 0.0515 e. The number of nitrogens with zero attached hydrogens (tertiary/aromatic N) is 1. The number of aliphatic hydroxyl groups is 1. The molecular weight excluding hydrogens is 222 g/mol. The third kappa shape index (κ3) is 2.30. The van der Waals surface area contributed by atoms with Crippen molar-refractivity contribution in [2.45, 2.75) is 46.6 Å². The molecule has 2 rings (SSSR count). The van der Waals surface area contributed by atoms with Crippen molar-refractivity contribution in [3.05, 3.63) is 35.0 Å². The van der Waals surface area contributed by atoms with E-state index in [1.807, 2.05) is 0 Å². The lowest BCUT2D eigenvalue weighted by atomic mass is 10.0. The topological polar surface area (TPSA) is 25.2 Å². The van der Waals surface area contributed by atoms with Crippen LogP contribution in [0.3, 0.4) is 0 Å². The summed E-state index contributed by atoms with van der Waals surface area (Å²) < 4.78 is 2.38. The van der Waals surface area contributed by atoms with Crippen molar-refractivity contribution in [1.82, 2.24) is 4.57 Å². The minimum absolute atomic E-state index is 0.269. The second kappa shape index (κ2) is 5.57. The first-order chi connectivity index (χ1) is 8.69. The Labute approximate surface area is 109 Å². The zero-order chi connectivity index (χ0) is 13.1. The van der Waals surface area contributed by atoms with Crippen LogP contribution in [-0.2, 0) is 13.0 Å². The van der Waals surface area contributed by atoms with Crippen LogP contribution < -0.4 is 0 Å². The van der Waals surface area contributed by atoms with Crippen LogP contribution in [0.1, 0.15) is 36.5 Å². The van der Waals surface area contributed by atoms with E-state index in [1.165, 1.54) is 27.6 Å². The van der Waals surface area contributed by atoms with E-state index >= 15 is 0 Å². The molecular formula is C16H23NO. The number of fused-ring (bicyclic) bond motifs is 1. The van der Waals surface area contributed by atoms with Gasteiger partial charge in [0.05, 0.1) is 5.52 Å². The second-order valence-corrected chi connectivity index (χ2v) is 5.10. The molecule has 0 fully saturated rings. The molecule has 0 aliphatic carbocycles. The quantitative estimate of drug-likeness (QED) is 0.855. The standard InChI is InChI=1S/C16H23NO/c1-4-9-17-11-14(6-5-10-18)15-12(2)7-8-13(3)16(15)17/h7-8,11,18H,4-6,9-10H2,1-3H3. The predicted molar refractivity (Wildman–Crippen MR) is 77.1 cm³/mol. The fourth-order valence-corrected chi connectivity index (χ4v) is 2.77. The summed E-state index contributed by atoms with van der Waals surface area (Å²) in [6.45, 7) is 7.92. The molecule has 0 saturated carbocycles. The third-order valence-corrected chi connectivity index (χ3v) is 3.58. The van der Waals surface area contributed by atoms with E-state index in [2.05, 4.69) is 43.7 Å². The van der Waals surface area contributed by atoms with Gasteiger partial charge in [-0.2, -0.15) is 0 Å². The Morgan fingerprint density at radius 1 is 1.17 bits per heavy atom. The van der Waals surface area contributed by atoms with E-state index < -0.39 is 0 Å². The summed E-state index contributed by atoms with van der Waals surface area (Å²) in [4.78, 5) is 0. The Morgan fingerprint density at radius 3 is 2.56 bits per heavy atom. The van der Waals surface area contributed by atoms with Crippen LogP contribution in [0.15, 0.2) is 18.3 Å². The molecule has 0 bridgehead atoms. The molecule has 18 heavy (non-hydrogen) atoms. The fraction of sp³-hybridized carbons (Fsp3) is 0.500. The zero-order valence-corrected chi connectivity index (χ0v) is 11.7. The van der Waals surface area contributed by atoms with Crippen LogP contribution in [0, 0.1) is 13.8 Å². The molecule has 1 aromatic heterocycles. The van der Waals surface area contributed by atoms with Crippen molar-refractivity contribution in [3.8, 4) is 0 Å². The number of hydrogen-bond donors (Lipinski definition) is 1. The maximum absolute atomic E-state index is 9.03. The van der Waals surface area contributed by atoms with Crippen LogP contribution in [-0.4, -0.2) is 16.3 Å². The van der Waals surface area contributed by atoms with Gasteiger partial charge in [-0.3, -0.25) is 0 Å². The van der Waals surface area contributed by atoms with Gasteiger partial charge in [0.15, 0.2) is 0 Å². The van der Waals surface area contributed by atoms with Crippen LogP contribution >= 0.6 is 0 Å². The van der Waals surface area contributed by atoms with Crippen LogP contribution in [0.4, 0.5) is 0 Å². The van der Waals surface area contributed by atoms with Gasteiger partial charge in [0.25, 0.3) is 0 Å². The van der Waals surface area contributed by atoms with E-state index in [0.717, 1.165) is 25.8 Å². The Hall–Kier alpha value is -1.28. The Kier molecular flexibility index (Phi) is 4.07. The van der Waals surface area contributed by atoms with Gasteiger partial charge < -0.3 is 9.67 Å². The first-order valence-electron chi connectivity index (χ1n) is 6.87. The van der Waals surface area contributed by atoms with Crippen molar-refractivity contribution in [3.63, 3.8) is 0 Å². The minimum atomic E-state index is 0.269. The molecule has 98 valence electrons. The van der Waals surface area contributed by atoms with E-state index in [0.29, 0.717) is 0 Å². The van der Waals surface area contributed by atoms with Gasteiger partial charge in [-0.15, -0.1) is 0 Å². The van der Waals surface area contributed by atoms with Crippen LogP contribution in [0.25, 0.3) is 10.9 Å². The normalized spacial score (nSPS) is 11.3. The molecule has 1 aromatic carbocycles. The lowest BCUT2D eigenvalue weighted by molar-refractivity contribution is 0.288. The fourth-order valence-electron chi connectivity index (χ4n) is 2.77. The zero-order valence-electron chi connectivity index (χ0n) is 11.7. The van der Waals surface area contributed by atoms with Gasteiger partial charge in [0.1, 0.15) is 0 Å². The summed E-state index contributed by atoms with van der Waals surface area (Å²) in [6.07, 6.45) is 5.24. The summed E-state index contributed by atoms with van der Waals surface area (Å²) in [6, 6.07) is 4.41. The highest BCUT2D eigenvalue weighted by atomic mass is 16.2. The smallest absolute Gasteiger partial charge is 0.0515 e. The molecule has 0 aliphatic heterocycles. The van der Waals surface area contributed by atoms with E-state index in [4.69, 9.17) is 5.11 Å². The molecule has 0 aliphatic rings. The molecule has 0 amide bonds. The van der Waals surface area contributed by atoms with Crippen molar-refractivity contribution in [1.29, 1.82) is 0 Å². The van der Waals surface area contributed by atoms with Crippen molar-refractivity contribution < 1.29 is 5.11 Å². The lowest BCUT2D eigenvalue weighted by Crippen LogP contribution is -1.95. The van der Waals surface area contributed by atoms with Crippen molar-refractivity contribution >= 4 is 10.9 Å². The van der Waals surface area contributed by atoms with Gasteiger partial charge in [0, 0.05) is 24.7 Å². The van der Waals surface area contributed by atoms with Crippen molar-refractivity contribution in [2.75, 3.05) is 6.61 Å². The molecule has 0 unspecified atom stereocenters. The van der Waals surface area contributed by atoms with Crippen LogP contribution in [0.5, 0.6) is 0 Å². The number of benzene rings is 1. The van der Waals surface area contributed by atoms with E-state index in [-0.39, 0.29) is 6.61 Å². The number of aromatic nitrogens is 1. The highest BCUT2D eigenvalue weighted by Crippen LogP contribution is 2.29. The van der Waals surface area contributed by atoms with Crippen LogP contribution in [0.2, 0.25) is 0 Å². The Bertz CT molecular complexity index is 540. The van der Waals surface area contributed by atoms with E-state index in [1.54, 1.807) is 0 Å². The summed E-state index contributed by atoms with van der Waals surface area (Å²) >= 11 is 0. The molecule has 0 spiro atoms. The van der Waals surface area contributed by atoms with Crippen molar-refractivity contribution in [2.24, 2.45) is 0 Å².